The Balaban J connectivity index is 0.000000221. The van der Waals surface area contributed by atoms with Crippen LogP contribution in [0.5, 0.6) is 11.5 Å². The number of aromatic amines is 2. The van der Waals surface area contributed by atoms with Gasteiger partial charge in [-0.3, -0.25) is 19.6 Å². The van der Waals surface area contributed by atoms with Gasteiger partial charge in [0, 0.05) is 0 Å². The van der Waals surface area contributed by atoms with Gasteiger partial charge < -0.3 is 9.47 Å². The number of nitrogens with zero attached hydrogens (tertiary/aromatic N) is 2. The van der Waals surface area contributed by atoms with Crippen molar-refractivity contribution in [3.63, 3.8) is 0 Å². The fraction of sp³-hybridized carbons (Fsp3) is 0.211. The van der Waals surface area contributed by atoms with E-state index in [-0.39, 0.29) is 26.5 Å². The maximum Gasteiger partial charge on any atom is 0.433 e. The van der Waals surface area contributed by atoms with Gasteiger partial charge in [-0.15, -0.1) is 0 Å². The number of halogens is 6. The third kappa shape index (κ3) is 10.7. The standard InChI is InChI=1S/C20H20F3N3O3S.C18H16F3N3O3S/c1-2-3-13-29-15-11-9-14(10-12-15)17-18(20(21,22)23)24-25-19(17)26-30(27,28)16-7-5-4-6-8-16;1-2-27-13-10-8-12(9-11-13)15-16(18(19,20)21)22-23-17(15)24-28(25,26)14-6-4-3-5-7-14/h4-12H,2-3,13H2,1H3,(H2,24,25,26);3-11H,2H2,1H3,(H2,22,23,24). The van der Waals surface area contributed by atoms with Gasteiger partial charge in [0.15, 0.2) is 11.6 Å². The molecule has 20 heteroatoms. The molecule has 0 saturated heterocycles. The summed E-state index contributed by atoms with van der Waals surface area (Å²) in [5, 5.41) is 11.0. The second-order valence-corrected chi connectivity index (χ2v) is 15.5. The summed E-state index contributed by atoms with van der Waals surface area (Å²) in [5.74, 6) is 0.108. The number of aromatic nitrogens is 4. The molecule has 0 aliphatic carbocycles. The van der Waals surface area contributed by atoms with E-state index in [4.69, 9.17) is 9.47 Å². The number of H-pyrrole nitrogens is 2. The highest BCUT2D eigenvalue weighted by Gasteiger charge is 2.40. The first-order valence-electron chi connectivity index (χ1n) is 17.4. The number of ether oxygens (including phenoxy) is 2. The molecular formula is C38H36F6N6O6S2. The molecule has 4 N–H and O–H groups in total. The molecule has 0 aliphatic rings. The normalized spacial score (nSPS) is 12.0. The molecule has 0 saturated carbocycles. The lowest BCUT2D eigenvalue weighted by atomic mass is 10.1. The zero-order chi connectivity index (χ0) is 42.1. The lowest BCUT2D eigenvalue weighted by molar-refractivity contribution is -0.141. The van der Waals surface area contributed by atoms with Crippen LogP contribution in [0.3, 0.4) is 0 Å². The molecule has 0 atom stereocenters. The fourth-order valence-corrected chi connectivity index (χ4v) is 7.38. The van der Waals surface area contributed by atoms with Crippen LogP contribution < -0.4 is 18.9 Å². The summed E-state index contributed by atoms with van der Waals surface area (Å²) in [6.45, 7) is 4.70. The lowest BCUT2D eigenvalue weighted by Gasteiger charge is -2.12. The molecule has 6 aromatic rings. The highest BCUT2D eigenvalue weighted by molar-refractivity contribution is 7.93. The molecule has 0 fully saturated rings. The average Bonchev–Trinajstić information content (AvgIpc) is 3.81. The summed E-state index contributed by atoms with van der Waals surface area (Å²) in [6, 6.07) is 26.4. The monoisotopic (exact) mass is 850 g/mol. The van der Waals surface area contributed by atoms with Crippen LogP contribution in [0.4, 0.5) is 38.0 Å². The zero-order valence-corrected chi connectivity index (χ0v) is 32.3. The number of rotatable bonds is 14. The minimum Gasteiger partial charge on any atom is -0.494 e. The number of sulfonamides is 2. The average molecular weight is 851 g/mol. The zero-order valence-electron chi connectivity index (χ0n) is 30.6. The molecule has 0 bridgehead atoms. The molecule has 308 valence electrons. The van der Waals surface area contributed by atoms with E-state index in [0.29, 0.717) is 24.7 Å². The molecule has 0 aliphatic heterocycles. The second-order valence-electron chi connectivity index (χ2n) is 12.2. The summed E-state index contributed by atoms with van der Waals surface area (Å²) in [7, 11) is -8.24. The molecule has 0 amide bonds. The van der Waals surface area contributed by atoms with Crippen LogP contribution in [0, 0.1) is 0 Å². The number of nitrogens with one attached hydrogen (secondary N) is 4. The summed E-state index contributed by atoms with van der Waals surface area (Å²) in [5.41, 5.74) is -2.80. The number of hydrogen-bond acceptors (Lipinski definition) is 8. The van der Waals surface area contributed by atoms with Gasteiger partial charge in [0.05, 0.1) is 34.1 Å². The van der Waals surface area contributed by atoms with E-state index in [1.807, 2.05) is 17.1 Å². The third-order valence-electron chi connectivity index (χ3n) is 8.03. The van der Waals surface area contributed by atoms with E-state index >= 15 is 0 Å². The topological polar surface area (TPSA) is 168 Å². The highest BCUT2D eigenvalue weighted by Crippen LogP contribution is 2.42. The van der Waals surface area contributed by atoms with E-state index in [1.165, 1.54) is 97.1 Å². The lowest BCUT2D eigenvalue weighted by Crippen LogP contribution is -2.14. The molecule has 0 unspecified atom stereocenters. The van der Waals surface area contributed by atoms with Crippen molar-refractivity contribution in [1.82, 2.24) is 20.4 Å². The molecule has 58 heavy (non-hydrogen) atoms. The van der Waals surface area contributed by atoms with Crippen LogP contribution in [-0.2, 0) is 32.4 Å². The Hall–Kier alpha value is -6.02. The fourth-order valence-electron chi connectivity index (χ4n) is 5.31. The van der Waals surface area contributed by atoms with Crippen LogP contribution in [-0.4, -0.2) is 50.4 Å². The van der Waals surface area contributed by atoms with Crippen molar-refractivity contribution in [1.29, 1.82) is 0 Å². The maximum atomic E-state index is 13.5. The molecule has 2 aromatic heterocycles. The van der Waals surface area contributed by atoms with E-state index < -0.39 is 61.0 Å². The van der Waals surface area contributed by atoms with E-state index in [1.54, 1.807) is 19.1 Å². The van der Waals surface area contributed by atoms with Gasteiger partial charge in [-0.2, -0.15) is 36.5 Å². The van der Waals surface area contributed by atoms with Crippen molar-refractivity contribution in [2.45, 2.75) is 48.8 Å². The molecular weight excluding hydrogens is 815 g/mol. The summed E-state index contributed by atoms with van der Waals surface area (Å²) >= 11 is 0. The predicted molar refractivity (Wildman–Crippen MR) is 204 cm³/mol. The Morgan fingerprint density at radius 2 is 0.948 bits per heavy atom. The Labute approximate surface area is 329 Å². The van der Waals surface area contributed by atoms with Gasteiger partial charge in [-0.1, -0.05) is 74.0 Å². The van der Waals surface area contributed by atoms with E-state index in [2.05, 4.69) is 19.6 Å². The van der Waals surface area contributed by atoms with Crippen LogP contribution in [0.15, 0.2) is 119 Å². The van der Waals surface area contributed by atoms with Crippen LogP contribution >= 0.6 is 0 Å². The number of alkyl halides is 6. The number of benzene rings is 4. The summed E-state index contributed by atoms with van der Waals surface area (Å²) in [6.07, 6.45) is -7.70. The van der Waals surface area contributed by atoms with Crippen molar-refractivity contribution < 1.29 is 52.7 Å². The minimum absolute atomic E-state index is 0.0906. The molecule has 6 rings (SSSR count). The molecule has 0 spiro atoms. The van der Waals surface area contributed by atoms with Gasteiger partial charge in [-0.05, 0) is 73.0 Å². The Bertz CT molecular complexity index is 2480. The molecule has 0 radical (unpaired) electrons. The van der Waals surface area contributed by atoms with Crippen LogP contribution in [0.1, 0.15) is 38.1 Å². The van der Waals surface area contributed by atoms with Crippen molar-refractivity contribution in [2.24, 2.45) is 0 Å². The SMILES string of the molecule is CCCCOc1ccc(-c2c(NS(=O)(=O)c3ccccc3)n[nH]c2C(F)(F)F)cc1.CCOc1ccc(-c2c(NS(=O)(=O)c3ccccc3)n[nH]c2C(F)(F)F)cc1. The molecule has 4 aromatic carbocycles. The number of unbranched alkanes of at least 4 members (excludes halogenated alkanes) is 1. The summed E-state index contributed by atoms with van der Waals surface area (Å²) in [4.78, 5) is -0.184. The summed E-state index contributed by atoms with van der Waals surface area (Å²) < 4.78 is 146. The Morgan fingerprint density at radius 1 is 0.569 bits per heavy atom. The van der Waals surface area contributed by atoms with Gasteiger partial charge >= 0.3 is 12.4 Å². The quantitative estimate of drug-likeness (QED) is 0.0621. The van der Waals surface area contributed by atoms with Gasteiger partial charge in [0.2, 0.25) is 0 Å². The van der Waals surface area contributed by atoms with E-state index in [9.17, 15) is 43.2 Å². The number of anilines is 2. The Morgan fingerprint density at radius 3 is 1.29 bits per heavy atom. The van der Waals surface area contributed by atoms with Gasteiger partial charge in [0.1, 0.15) is 22.9 Å². The minimum atomic E-state index is -4.75. The predicted octanol–water partition coefficient (Wildman–Crippen LogP) is 9.37. The molecule has 12 nitrogen and oxygen atoms in total. The van der Waals surface area contributed by atoms with Crippen molar-refractivity contribution in [3.05, 3.63) is 121 Å². The third-order valence-corrected chi connectivity index (χ3v) is 10.7. The van der Waals surface area contributed by atoms with Crippen molar-refractivity contribution in [3.8, 4) is 33.8 Å². The van der Waals surface area contributed by atoms with Crippen molar-refractivity contribution in [2.75, 3.05) is 22.7 Å². The second kappa shape index (κ2) is 18.1. The smallest absolute Gasteiger partial charge is 0.433 e. The van der Waals surface area contributed by atoms with Crippen LogP contribution in [0.25, 0.3) is 22.3 Å². The number of hydrogen-bond donors (Lipinski definition) is 4. The first-order valence-corrected chi connectivity index (χ1v) is 20.3. The van der Waals surface area contributed by atoms with Gasteiger partial charge in [0.25, 0.3) is 20.0 Å². The van der Waals surface area contributed by atoms with Crippen LogP contribution in [0.2, 0.25) is 0 Å². The van der Waals surface area contributed by atoms with E-state index in [0.717, 1.165) is 12.8 Å². The highest BCUT2D eigenvalue weighted by atomic mass is 32.2. The van der Waals surface area contributed by atoms with Crippen molar-refractivity contribution >= 4 is 31.7 Å². The molecule has 2 heterocycles. The first-order chi connectivity index (χ1) is 27.4. The van der Waals surface area contributed by atoms with Gasteiger partial charge in [-0.25, -0.2) is 16.8 Å². The largest absolute Gasteiger partial charge is 0.494 e. The Kier molecular flexibility index (Phi) is 13.4. The first kappa shape index (κ1) is 43.1. The maximum absolute atomic E-state index is 13.5.